The molecule has 2 bridgehead atoms. The topological polar surface area (TPSA) is 72.9 Å². The van der Waals surface area contributed by atoms with Gasteiger partial charge >= 0.3 is 12.0 Å². The maximum atomic E-state index is 13.5. The van der Waals surface area contributed by atoms with Crippen LogP contribution < -0.4 is 10.2 Å². The second-order valence-corrected chi connectivity index (χ2v) is 6.77. The molecule has 2 aliphatic heterocycles. The van der Waals surface area contributed by atoms with E-state index in [-0.39, 0.29) is 18.1 Å². The van der Waals surface area contributed by atoms with Crippen LogP contribution in [-0.4, -0.2) is 46.7 Å². The lowest BCUT2D eigenvalue weighted by atomic mass is 10.1. The highest BCUT2D eigenvalue weighted by atomic mass is 16.4. The molecule has 134 valence electrons. The highest BCUT2D eigenvalue weighted by Crippen LogP contribution is 2.31. The lowest BCUT2D eigenvalue weighted by Crippen LogP contribution is -2.64. The molecule has 4 rings (SSSR count). The lowest BCUT2D eigenvalue weighted by molar-refractivity contribution is -0.143. The first-order valence-electron chi connectivity index (χ1n) is 8.85. The highest BCUT2D eigenvalue weighted by Gasteiger charge is 2.47. The van der Waals surface area contributed by atoms with Crippen LogP contribution in [0.15, 0.2) is 60.7 Å². The Kier molecular flexibility index (Phi) is 4.34. The molecule has 2 aromatic carbocycles. The number of anilines is 2. The molecule has 2 aliphatic rings. The summed E-state index contributed by atoms with van der Waals surface area (Å²) in [5.41, 5.74) is 1.44. The smallest absolute Gasteiger partial charge is 0.329 e. The van der Waals surface area contributed by atoms with Crippen LogP contribution in [0.4, 0.5) is 16.2 Å². The molecule has 3 unspecified atom stereocenters. The first-order valence-corrected chi connectivity index (χ1v) is 8.85. The van der Waals surface area contributed by atoms with Crippen LogP contribution in [0.1, 0.15) is 12.8 Å². The van der Waals surface area contributed by atoms with Crippen molar-refractivity contribution < 1.29 is 14.7 Å². The van der Waals surface area contributed by atoms with Gasteiger partial charge in [-0.25, -0.2) is 9.59 Å². The average molecular weight is 351 g/mol. The summed E-state index contributed by atoms with van der Waals surface area (Å²) in [7, 11) is 0. The number of hydrogen-bond donors (Lipinski definition) is 2. The lowest BCUT2D eigenvalue weighted by Gasteiger charge is -2.41. The number of carboxylic acid groups (broad SMARTS) is 1. The summed E-state index contributed by atoms with van der Waals surface area (Å²) in [5.74, 6) is -0.961. The van der Waals surface area contributed by atoms with E-state index >= 15 is 0 Å². The van der Waals surface area contributed by atoms with Gasteiger partial charge in [-0.1, -0.05) is 36.4 Å². The van der Waals surface area contributed by atoms with Gasteiger partial charge in [0.15, 0.2) is 0 Å². The molecule has 0 aliphatic carbocycles. The molecule has 0 aromatic heterocycles. The van der Waals surface area contributed by atoms with Crippen molar-refractivity contribution in [3.63, 3.8) is 0 Å². The quantitative estimate of drug-likeness (QED) is 0.892. The summed E-state index contributed by atoms with van der Waals surface area (Å²) >= 11 is 0. The van der Waals surface area contributed by atoms with Crippen LogP contribution in [0.25, 0.3) is 0 Å². The van der Waals surface area contributed by atoms with Gasteiger partial charge in [0.2, 0.25) is 0 Å². The average Bonchev–Trinajstić information content (AvgIpc) is 3.03. The Balaban J connectivity index is 1.73. The maximum Gasteiger partial charge on any atom is 0.329 e. The summed E-state index contributed by atoms with van der Waals surface area (Å²) < 4.78 is 0. The molecule has 3 atom stereocenters. The molecule has 0 saturated carbocycles. The molecule has 6 nitrogen and oxygen atoms in total. The van der Waals surface area contributed by atoms with Crippen LogP contribution >= 0.6 is 0 Å². The molecule has 2 amide bonds. The Bertz CT molecular complexity index is 757. The molecular weight excluding hydrogens is 330 g/mol. The molecule has 2 aromatic rings. The van der Waals surface area contributed by atoms with Gasteiger partial charge in [-0.3, -0.25) is 4.90 Å². The fourth-order valence-electron chi connectivity index (χ4n) is 3.97. The van der Waals surface area contributed by atoms with Gasteiger partial charge in [-0.2, -0.15) is 0 Å². The third-order valence-electron chi connectivity index (χ3n) is 5.13. The molecule has 6 heteroatoms. The summed E-state index contributed by atoms with van der Waals surface area (Å²) in [5, 5.41) is 13.1. The van der Waals surface area contributed by atoms with E-state index < -0.39 is 12.0 Å². The molecule has 26 heavy (non-hydrogen) atoms. The van der Waals surface area contributed by atoms with Gasteiger partial charge in [0.1, 0.15) is 6.04 Å². The number of para-hydroxylation sites is 2. The summed E-state index contributed by atoms with van der Waals surface area (Å²) in [6.07, 6.45) is 1.68. The molecule has 0 radical (unpaired) electrons. The number of nitrogens with zero attached hydrogens (tertiary/aromatic N) is 2. The third-order valence-corrected chi connectivity index (χ3v) is 5.13. The second kappa shape index (κ2) is 6.80. The summed E-state index contributed by atoms with van der Waals surface area (Å²) in [6.45, 7) is 0.405. The van der Waals surface area contributed by atoms with Gasteiger partial charge < -0.3 is 15.3 Å². The van der Waals surface area contributed by atoms with E-state index in [0.717, 1.165) is 24.2 Å². The van der Waals surface area contributed by atoms with Crippen molar-refractivity contribution in [2.24, 2.45) is 0 Å². The zero-order valence-electron chi connectivity index (χ0n) is 14.3. The maximum absolute atomic E-state index is 13.5. The van der Waals surface area contributed by atoms with Gasteiger partial charge in [-0.05, 0) is 37.1 Å². The van der Waals surface area contributed by atoms with Crippen molar-refractivity contribution in [3.05, 3.63) is 60.7 Å². The van der Waals surface area contributed by atoms with Crippen LogP contribution in [0.3, 0.4) is 0 Å². The van der Waals surface area contributed by atoms with E-state index in [4.69, 9.17) is 0 Å². The SMILES string of the molecule is O=C(O)C1C2CCC(CN1C(=O)N(c1ccccc1)c1ccccc1)N2. The van der Waals surface area contributed by atoms with Gasteiger partial charge in [-0.15, -0.1) is 0 Å². The number of hydrogen-bond acceptors (Lipinski definition) is 3. The second-order valence-electron chi connectivity index (χ2n) is 6.77. The Labute approximate surface area is 152 Å². The third kappa shape index (κ3) is 2.93. The number of nitrogens with one attached hydrogen (secondary N) is 1. The number of likely N-dealkylation sites (tertiary alicyclic amines) is 1. The number of carbonyl (C=O) groups is 2. The summed E-state index contributed by atoms with van der Waals surface area (Å²) in [6, 6.07) is 17.5. The van der Waals surface area contributed by atoms with Crippen molar-refractivity contribution in [2.45, 2.75) is 31.0 Å². The minimum atomic E-state index is -0.961. The van der Waals surface area contributed by atoms with E-state index in [2.05, 4.69) is 5.32 Å². The molecule has 0 spiro atoms. The zero-order chi connectivity index (χ0) is 18.1. The van der Waals surface area contributed by atoms with Crippen molar-refractivity contribution in [1.29, 1.82) is 0 Å². The number of aliphatic carboxylic acids is 1. The van der Waals surface area contributed by atoms with E-state index in [9.17, 15) is 14.7 Å². The number of urea groups is 1. The van der Waals surface area contributed by atoms with E-state index in [0.29, 0.717) is 6.54 Å². The monoisotopic (exact) mass is 351 g/mol. The number of amides is 2. The van der Waals surface area contributed by atoms with Crippen LogP contribution in [0.5, 0.6) is 0 Å². The Morgan fingerprint density at radius 3 is 2.08 bits per heavy atom. The highest BCUT2D eigenvalue weighted by molar-refractivity contribution is 6.01. The Morgan fingerprint density at radius 1 is 0.962 bits per heavy atom. The molecular formula is C20H21N3O3. The molecule has 2 N–H and O–H groups in total. The minimum Gasteiger partial charge on any atom is -0.480 e. The fraction of sp³-hybridized carbons (Fsp3) is 0.300. The molecule has 2 heterocycles. The van der Waals surface area contributed by atoms with Gasteiger partial charge in [0.25, 0.3) is 0 Å². The van der Waals surface area contributed by atoms with Crippen LogP contribution in [0, 0.1) is 0 Å². The van der Waals surface area contributed by atoms with Crippen LogP contribution in [0.2, 0.25) is 0 Å². The van der Waals surface area contributed by atoms with E-state index in [1.165, 1.54) is 4.90 Å². The predicted molar refractivity (Wildman–Crippen MR) is 98.5 cm³/mol. The number of carboxylic acids is 1. The standard InChI is InChI=1S/C20H21N3O3/c24-19(25)18-17-12-11-14(21-17)13-22(18)20(26)23(15-7-3-1-4-8-15)16-9-5-2-6-10-16/h1-10,14,17-18,21H,11-13H2,(H,24,25). The largest absolute Gasteiger partial charge is 0.480 e. The Hall–Kier alpha value is -2.86. The number of benzene rings is 2. The summed E-state index contributed by atoms with van der Waals surface area (Å²) in [4.78, 5) is 28.5. The fourth-order valence-corrected chi connectivity index (χ4v) is 3.97. The van der Waals surface area contributed by atoms with Crippen molar-refractivity contribution >= 4 is 23.4 Å². The van der Waals surface area contributed by atoms with Gasteiger partial charge in [0, 0.05) is 18.6 Å². The number of piperazine rings is 1. The Morgan fingerprint density at radius 2 is 1.54 bits per heavy atom. The van der Waals surface area contributed by atoms with Crippen molar-refractivity contribution in [3.8, 4) is 0 Å². The molecule has 2 saturated heterocycles. The zero-order valence-corrected chi connectivity index (χ0v) is 14.3. The van der Waals surface area contributed by atoms with E-state index in [1.54, 1.807) is 4.90 Å². The predicted octanol–water partition coefficient (Wildman–Crippen LogP) is 2.83. The number of fused-ring (bicyclic) bond motifs is 2. The van der Waals surface area contributed by atoms with Crippen molar-refractivity contribution in [2.75, 3.05) is 11.4 Å². The first-order chi connectivity index (χ1) is 12.6. The van der Waals surface area contributed by atoms with E-state index in [1.807, 2.05) is 60.7 Å². The minimum absolute atomic E-state index is 0.160. The number of rotatable bonds is 3. The van der Waals surface area contributed by atoms with Crippen LogP contribution in [-0.2, 0) is 4.79 Å². The normalized spacial score (nSPS) is 24.3. The number of carbonyl (C=O) groups excluding carboxylic acids is 1. The van der Waals surface area contributed by atoms with Crippen molar-refractivity contribution in [1.82, 2.24) is 10.2 Å². The molecule has 2 fully saturated rings. The van der Waals surface area contributed by atoms with Gasteiger partial charge in [0.05, 0.1) is 11.4 Å². The first kappa shape index (κ1) is 16.6.